The molecule has 146 valence electrons. The van der Waals surface area contributed by atoms with E-state index in [9.17, 15) is 0 Å². The van der Waals surface area contributed by atoms with E-state index in [-0.39, 0.29) is 11.6 Å². The van der Waals surface area contributed by atoms with E-state index in [1.807, 2.05) is 4.70 Å². The summed E-state index contributed by atoms with van der Waals surface area (Å²) in [5.74, 6) is 0.417. The number of benzene rings is 1. The van der Waals surface area contributed by atoms with Crippen molar-refractivity contribution in [1.82, 2.24) is 0 Å². The van der Waals surface area contributed by atoms with Crippen molar-refractivity contribution in [2.24, 2.45) is 11.0 Å². The van der Waals surface area contributed by atoms with Gasteiger partial charge in [-0.1, -0.05) is 46.4 Å². The zero-order valence-electron chi connectivity index (χ0n) is 13.6. The summed E-state index contributed by atoms with van der Waals surface area (Å²) in [6.45, 7) is 8.55. The first-order valence-corrected chi connectivity index (χ1v) is 27.4. The van der Waals surface area contributed by atoms with Crippen LogP contribution in [-0.2, 0) is 0 Å². The van der Waals surface area contributed by atoms with Crippen molar-refractivity contribution in [3.8, 4) is 0 Å². The molecule has 1 aliphatic heterocycles. The van der Waals surface area contributed by atoms with Gasteiger partial charge >= 0.3 is 62.1 Å². The van der Waals surface area contributed by atoms with E-state index in [0.29, 0.717) is 21.0 Å². The molecular weight excluding hydrogens is 625 g/mol. The number of hydrogen-bond acceptors (Lipinski definition) is 1. The Labute approximate surface area is 182 Å². The van der Waals surface area contributed by atoms with E-state index < -0.39 is 9.14 Å². The molecule has 2 nitrogen and oxygen atoms in total. The van der Waals surface area contributed by atoms with E-state index in [1.54, 1.807) is 12.1 Å². The molecule has 0 amide bonds. The topological polar surface area (TPSA) is 15.4 Å². The number of azo groups is 2. The van der Waals surface area contributed by atoms with Crippen molar-refractivity contribution in [2.75, 3.05) is 0 Å². The Bertz CT molecular complexity index is 675. The van der Waals surface area contributed by atoms with Crippen LogP contribution < -0.4 is 0 Å². The Morgan fingerprint density at radius 1 is 0.920 bits per heavy atom. The van der Waals surface area contributed by atoms with Crippen molar-refractivity contribution in [3.05, 3.63) is 27.2 Å². The molecule has 1 aliphatic rings. The fraction of sp³-hybridized carbons (Fsp3) is 0.538. The summed E-state index contributed by atoms with van der Waals surface area (Å²) in [5, 5.41) is 6.33. The second-order valence-corrected chi connectivity index (χ2v) is 64.5. The van der Waals surface area contributed by atoms with E-state index in [0.717, 1.165) is 5.69 Å². The van der Waals surface area contributed by atoms with Crippen molar-refractivity contribution >= 4 is 103 Å². The van der Waals surface area contributed by atoms with Gasteiger partial charge in [-0.2, -0.15) is 0 Å². The molecule has 0 spiro atoms. The number of rotatable bonds is 1. The molecule has 12 heteroatoms. The monoisotopic (exact) mass is 636 g/mol. The molecule has 0 saturated heterocycles. The first-order valence-electron chi connectivity index (χ1n) is 6.92. The number of nitrogens with zero attached hydrogens (tertiary/aromatic N) is 2. The Balaban J connectivity index is 0.000000381. The molecule has 0 N–H and O–H groups in total. The van der Waals surface area contributed by atoms with Crippen LogP contribution in [0.2, 0.25) is 15.1 Å². The van der Waals surface area contributed by atoms with Gasteiger partial charge in [-0.05, 0) is 31.1 Å². The molecule has 0 radical (unpaired) electrons. The molecule has 2 rings (SSSR count). The quantitative estimate of drug-likeness (QED) is 0.215. The van der Waals surface area contributed by atoms with Gasteiger partial charge in [0.05, 0.1) is 5.92 Å². The third-order valence-electron chi connectivity index (χ3n) is 3.80. The molecule has 1 heterocycles. The van der Waals surface area contributed by atoms with Gasteiger partial charge in [-0.15, -0.1) is 0 Å². The molecule has 2 atom stereocenters. The van der Waals surface area contributed by atoms with Gasteiger partial charge in [0, 0.05) is 11.9 Å². The van der Waals surface area contributed by atoms with Gasteiger partial charge in [-0.3, -0.25) is 0 Å². The van der Waals surface area contributed by atoms with Gasteiger partial charge in [0.25, 0.3) is 5.69 Å². The standard InChI is InChI=1S/C13H16Cl3N2.6ClH.Sb/c1-7-8(2)18(17-13(7,3)4)12-10(15)5-9(14)6-11(12)16;;;;;;;/h5-8H,1-4H3;6*1H;/q+1;;;;;;;+5/p-6/t7-,8+;;;;;;;/m1......./s1. The maximum absolute atomic E-state index is 6.25. The summed E-state index contributed by atoms with van der Waals surface area (Å²) < 4.78 is 1.92. The van der Waals surface area contributed by atoms with Crippen molar-refractivity contribution in [1.29, 1.82) is 0 Å². The van der Waals surface area contributed by atoms with E-state index >= 15 is 0 Å². The molecule has 1 aromatic rings. The normalized spacial score (nSPS) is 25.4. The van der Waals surface area contributed by atoms with Crippen LogP contribution in [0.15, 0.2) is 17.2 Å². The van der Waals surface area contributed by atoms with Crippen LogP contribution in [0.25, 0.3) is 0 Å². The molecular formula is C13H16Cl9N2Sb. The van der Waals surface area contributed by atoms with Crippen molar-refractivity contribution in [3.63, 3.8) is 0 Å². The summed E-state index contributed by atoms with van der Waals surface area (Å²) in [6, 6.07) is 3.64. The zero-order chi connectivity index (χ0) is 20.1. The van der Waals surface area contributed by atoms with E-state index in [1.165, 1.54) is 0 Å². The van der Waals surface area contributed by atoms with Gasteiger partial charge in [0.2, 0.25) is 0 Å². The number of hydrogen-bond donors (Lipinski definition) is 0. The van der Waals surface area contributed by atoms with Crippen LogP contribution in [0, 0.1) is 5.92 Å². The predicted octanol–water partition coefficient (Wildman–Crippen LogP) is 9.32. The fourth-order valence-corrected chi connectivity index (χ4v) is 3.26. The SMILES string of the molecule is C[C@@H]1[C@H](C)[N+](c2c(Cl)cc(Cl)cc2Cl)=NC1(C)C.[Cl][Sb-]([Cl])([Cl])([Cl])([Cl])[Cl]. The second kappa shape index (κ2) is 7.50. The van der Waals surface area contributed by atoms with Crippen LogP contribution in [0.5, 0.6) is 0 Å². The molecule has 1 aromatic carbocycles. The fourth-order valence-electron chi connectivity index (χ4n) is 2.27. The van der Waals surface area contributed by atoms with E-state index in [4.69, 9.17) is 92.9 Å². The Hall–Kier alpha value is 2.25. The first kappa shape index (κ1) is 25.3. The summed E-state index contributed by atoms with van der Waals surface area (Å²) >= 11 is 18.4. The third-order valence-corrected chi connectivity index (χ3v) is 4.59. The first-order chi connectivity index (χ1) is 10.7. The van der Waals surface area contributed by atoms with Crippen LogP contribution in [-0.4, -0.2) is 25.4 Å². The number of halogens is 9. The molecule has 0 aromatic heterocycles. The van der Waals surface area contributed by atoms with Gasteiger partial charge in [-0.25, -0.2) is 0 Å². The average molecular weight is 641 g/mol. The Kier molecular flexibility index (Phi) is 7.58. The second-order valence-electron chi connectivity index (χ2n) is 6.30. The molecule has 0 aliphatic carbocycles. The van der Waals surface area contributed by atoms with Crippen LogP contribution in [0.4, 0.5) is 5.69 Å². The van der Waals surface area contributed by atoms with Crippen LogP contribution in [0.1, 0.15) is 27.7 Å². The minimum atomic E-state index is -5.42. The predicted molar refractivity (Wildman–Crippen MR) is 117 cm³/mol. The summed E-state index contributed by atoms with van der Waals surface area (Å²) in [7, 11) is 25.0. The molecule has 0 fully saturated rings. The molecule has 0 bridgehead atoms. The van der Waals surface area contributed by atoms with Crippen LogP contribution in [0.3, 0.4) is 0 Å². The van der Waals surface area contributed by atoms with E-state index in [2.05, 4.69) is 27.7 Å². The van der Waals surface area contributed by atoms with Crippen molar-refractivity contribution in [2.45, 2.75) is 39.3 Å². The molecule has 25 heavy (non-hydrogen) atoms. The summed E-state index contributed by atoms with van der Waals surface area (Å²) in [4.78, 5) is 0. The van der Waals surface area contributed by atoms with Gasteiger partial charge < -0.3 is 0 Å². The molecule has 0 saturated carbocycles. The Morgan fingerprint density at radius 3 is 1.56 bits per heavy atom. The zero-order valence-corrected chi connectivity index (χ0v) is 22.9. The Morgan fingerprint density at radius 2 is 1.28 bits per heavy atom. The maximum atomic E-state index is 6.25. The third kappa shape index (κ3) is 9.07. The molecule has 0 unspecified atom stereocenters. The van der Waals surface area contributed by atoms with Crippen LogP contribution >= 0.6 is 87.8 Å². The average Bonchev–Trinajstić information content (AvgIpc) is 2.48. The van der Waals surface area contributed by atoms with Gasteiger partial charge in [0.15, 0.2) is 6.04 Å². The minimum absolute atomic E-state index is 0.119. The summed E-state index contributed by atoms with van der Waals surface area (Å²) in [6.07, 6.45) is 0. The van der Waals surface area contributed by atoms with Gasteiger partial charge in [0.1, 0.15) is 15.6 Å². The summed E-state index contributed by atoms with van der Waals surface area (Å²) in [5.41, 5.74) is 0.624. The van der Waals surface area contributed by atoms with Crippen molar-refractivity contribution < 1.29 is 4.70 Å².